The Morgan fingerprint density at radius 1 is 1.16 bits per heavy atom. The molecule has 0 radical (unpaired) electrons. The maximum Gasteiger partial charge on any atom is 0.344 e. The zero-order valence-electron chi connectivity index (χ0n) is 12.1. The molecule has 0 aromatic heterocycles. The lowest BCUT2D eigenvalue weighted by atomic mass is 9.91. The minimum absolute atomic E-state index is 0.104. The molecular weight excluding hydrogens is 252 g/mol. The molecule has 0 bridgehead atoms. The molecule has 6 nitrogen and oxygen atoms in total. The van der Waals surface area contributed by atoms with Crippen LogP contribution < -0.4 is 0 Å². The lowest BCUT2D eigenvalue weighted by Crippen LogP contribution is -2.30. The predicted octanol–water partition coefficient (Wildman–Crippen LogP) is 0.906. The van der Waals surface area contributed by atoms with E-state index in [1.165, 1.54) is 0 Å². The van der Waals surface area contributed by atoms with E-state index >= 15 is 0 Å². The molecule has 0 aliphatic heterocycles. The highest BCUT2D eigenvalue weighted by molar-refractivity contribution is 5.79. The molecule has 0 heterocycles. The van der Waals surface area contributed by atoms with Gasteiger partial charge in [0.05, 0.1) is 12.0 Å². The van der Waals surface area contributed by atoms with Crippen LogP contribution in [0.25, 0.3) is 0 Å². The summed E-state index contributed by atoms with van der Waals surface area (Å²) in [7, 11) is 0. The highest BCUT2D eigenvalue weighted by Gasteiger charge is 2.27. The monoisotopic (exact) mass is 276 g/mol. The van der Waals surface area contributed by atoms with Gasteiger partial charge in [0, 0.05) is 6.61 Å². The fraction of sp³-hybridized carbons (Fsp3) is 0.846. The molecule has 6 heteroatoms. The molecule has 0 amide bonds. The van der Waals surface area contributed by atoms with E-state index in [9.17, 15) is 14.7 Å². The van der Waals surface area contributed by atoms with Gasteiger partial charge in [0.15, 0.2) is 6.61 Å². The number of rotatable bonds is 9. The zero-order chi connectivity index (χ0) is 14.9. The highest BCUT2D eigenvalue weighted by atomic mass is 16.6. The predicted molar refractivity (Wildman–Crippen MR) is 68.5 cm³/mol. The second-order valence-corrected chi connectivity index (χ2v) is 4.81. The molecule has 1 unspecified atom stereocenters. The topological polar surface area (TPSA) is 82.1 Å². The Labute approximate surface area is 114 Å². The Bertz CT molecular complexity index is 287. The van der Waals surface area contributed by atoms with Gasteiger partial charge in [-0.1, -0.05) is 6.92 Å². The van der Waals surface area contributed by atoms with Crippen molar-refractivity contribution in [2.75, 3.05) is 26.4 Å². The zero-order valence-corrected chi connectivity index (χ0v) is 12.1. The van der Waals surface area contributed by atoms with Crippen molar-refractivity contribution in [2.24, 2.45) is 5.41 Å². The average Bonchev–Trinajstić information content (AvgIpc) is 2.39. The molecule has 19 heavy (non-hydrogen) atoms. The standard InChI is InChI=1S/C13H24O6/c1-5-13(3,4)12(16)19-9-11(15)18-8-10(14)7-17-6-2/h10,14H,5-9H2,1-4H3. The van der Waals surface area contributed by atoms with Crippen LogP contribution in [-0.2, 0) is 23.8 Å². The first-order valence-corrected chi connectivity index (χ1v) is 6.42. The Balaban J connectivity index is 3.85. The molecule has 0 spiro atoms. The summed E-state index contributed by atoms with van der Waals surface area (Å²) in [4.78, 5) is 22.9. The van der Waals surface area contributed by atoms with E-state index in [1.807, 2.05) is 6.92 Å². The molecule has 0 aliphatic carbocycles. The van der Waals surface area contributed by atoms with Crippen LogP contribution in [0, 0.1) is 5.41 Å². The summed E-state index contributed by atoms with van der Waals surface area (Å²) in [5, 5.41) is 9.36. The lowest BCUT2D eigenvalue weighted by Gasteiger charge is -2.20. The van der Waals surface area contributed by atoms with Gasteiger partial charge in [-0.3, -0.25) is 4.79 Å². The number of aliphatic hydroxyl groups is 1. The van der Waals surface area contributed by atoms with Gasteiger partial charge in [0.25, 0.3) is 0 Å². The van der Waals surface area contributed by atoms with Gasteiger partial charge >= 0.3 is 11.9 Å². The Morgan fingerprint density at radius 3 is 2.32 bits per heavy atom. The van der Waals surface area contributed by atoms with Crippen molar-refractivity contribution in [1.82, 2.24) is 0 Å². The fourth-order valence-corrected chi connectivity index (χ4v) is 0.997. The third-order valence-electron chi connectivity index (χ3n) is 2.71. The number of carbonyl (C=O) groups is 2. The molecule has 1 atom stereocenters. The van der Waals surface area contributed by atoms with Crippen LogP contribution >= 0.6 is 0 Å². The summed E-state index contributed by atoms with van der Waals surface area (Å²) in [5.74, 6) is -1.13. The summed E-state index contributed by atoms with van der Waals surface area (Å²) < 4.78 is 14.6. The number of ether oxygens (including phenoxy) is 3. The first-order chi connectivity index (χ1) is 8.83. The molecule has 0 aromatic carbocycles. The number of carbonyl (C=O) groups excluding carboxylic acids is 2. The maximum atomic E-state index is 11.6. The number of hydrogen-bond acceptors (Lipinski definition) is 6. The van der Waals surface area contributed by atoms with Crippen LogP contribution in [0.4, 0.5) is 0 Å². The molecular formula is C13H24O6. The number of hydrogen-bond donors (Lipinski definition) is 1. The second kappa shape index (κ2) is 8.87. The molecule has 0 saturated carbocycles. The van der Waals surface area contributed by atoms with Crippen LogP contribution in [0.3, 0.4) is 0 Å². The van der Waals surface area contributed by atoms with Crippen molar-refractivity contribution >= 4 is 11.9 Å². The first-order valence-electron chi connectivity index (χ1n) is 6.42. The Morgan fingerprint density at radius 2 is 1.79 bits per heavy atom. The number of aliphatic hydroxyl groups excluding tert-OH is 1. The van der Waals surface area contributed by atoms with Crippen molar-refractivity contribution in [1.29, 1.82) is 0 Å². The van der Waals surface area contributed by atoms with Crippen LogP contribution in [0.2, 0.25) is 0 Å². The van der Waals surface area contributed by atoms with Crippen molar-refractivity contribution in [3.8, 4) is 0 Å². The van der Waals surface area contributed by atoms with E-state index in [0.717, 1.165) is 0 Å². The van der Waals surface area contributed by atoms with E-state index in [1.54, 1.807) is 20.8 Å². The van der Waals surface area contributed by atoms with Crippen molar-refractivity contribution in [3.63, 3.8) is 0 Å². The van der Waals surface area contributed by atoms with Crippen LogP contribution in [0.1, 0.15) is 34.1 Å². The largest absolute Gasteiger partial charge is 0.460 e. The summed E-state index contributed by atoms with van der Waals surface area (Å²) in [5.41, 5.74) is -0.616. The molecule has 112 valence electrons. The van der Waals surface area contributed by atoms with Crippen molar-refractivity contribution < 1.29 is 28.9 Å². The van der Waals surface area contributed by atoms with Gasteiger partial charge in [0.1, 0.15) is 12.7 Å². The number of esters is 2. The average molecular weight is 276 g/mol. The first kappa shape index (κ1) is 17.9. The molecule has 1 N–H and O–H groups in total. The van der Waals surface area contributed by atoms with Crippen molar-refractivity contribution in [3.05, 3.63) is 0 Å². The van der Waals surface area contributed by atoms with Crippen LogP contribution in [0.5, 0.6) is 0 Å². The SMILES string of the molecule is CCOCC(O)COC(=O)COC(=O)C(C)(C)CC. The van der Waals surface area contributed by atoms with Gasteiger partial charge in [0.2, 0.25) is 0 Å². The minimum Gasteiger partial charge on any atom is -0.460 e. The third-order valence-corrected chi connectivity index (χ3v) is 2.71. The van der Waals surface area contributed by atoms with Crippen LogP contribution in [0.15, 0.2) is 0 Å². The maximum absolute atomic E-state index is 11.6. The third kappa shape index (κ3) is 7.79. The molecule has 0 saturated heterocycles. The van der Waals surface area contributed by atoms with E-state index in [2.05, 4.69) is 0 Å². The van der Waals surface area contributed by atoms with E-state index in [0.29, 0.717) is 13.0 Å². The van der Waals surface area contributed by atoms with Gasteiger partial charge in [-0.15, -0.1) is 0 Å². The minimum atomic E-state index is -0.869. The van der Waals surface area contributed by atoms with Crippen molar-refractivity contribution in [2.45, 2.75) is 40.2 Å². The summed E-state index contributed by atoms with van der Waals surface area (Å²) in [6.45, 7) is 7.12. The van der Waals surface area contributed by atoms with Gasteiger partial charge < -0.3 is 19.3 Å². The van der Waals surface area contributed by atoms with E-state index < -0.39 is 30.1 Å². The molecule has 0 rings (SSSR count). The highest BCUT2D eigenvalue weighted by Crippen LogP contribution is 2.21. The van der Waals surface area contributed by atoms with E-state index in [4.69, 9.17) is 14.2 Å². The van der Waals surface area contributed by atoms with Gasteiger partial charge in [-0.05, 0) is 27.2 Å². The summed E-state index contributed by atoms with van der Waals surface area (Å²) in [6, 6.07) is 0. The Hall–Kier alpha value is -1.14. The lowest BCUT2D eigenvalue weighted by molar-refractivity contribution is -0.166. The quantitative estimate of drug-likeness (QED) is 0.630. The molecule has 0 fully saturated rings. The summed E-state index contributed by atoms with van der Waals surface area (Å²) >= 11 is 0. The fourth-order valence-electron chi connectivity index (χ4n) is 0.997. The molecule has 0 aliphatic rings. The van der Waals surface area contributed by atoms with Gasteiger partial charge in [-0.2, -0.15) is 0 Å². The van der Waals surface area contributed by atoms with Gasteiger partial charge in [-0.25, -0.2) is 4.79 Å². The van der Waals surface area contributed by atoms with Crippen LogP contribution in [-0.4, -0.2) is 49.6 Å². The second-order valence-electron chi connectivity index (χ2n) is 4.81. The summed E-state index contributed by atoms with van der Waals surface area (Å²) in [6.07, 6.45) is -0.250. The Kier molecular flexibility index (Phi) is 8.34. The normalized spacial score (nSPS) is 12.9. The van der Waals surface area contributed by atoms with E-state index in [-0.39, 0.29) is 13.2 Å². The smallest absolute Gasteiger partial charge is 0.344 e. The molecule has 0 aromatic rings.